The van der Waals surface area contributed by atoms with Crippen LogP contribution >= 0.6 is 20.1 Å². The molecule has 0 bridgehead atoms. The minimum absolute atomic E-state index is 0.267. The summed E-state index contributed by atoms with van der Waals surface area (Å²) in [5.74, 6) is 3.57. The van der Waals surface area contributed by atoms with Crippen LogP contribution in [0.25, 0.3) is 0 Å². The van der Waals surface area contributed by atoms with E-state index in [-0.39, 0.29) is 17.0 Å². The van der Waals surface area contributed by atoms with Gasteiger partial charge in [0.15, 0.2) is 5.78 Å². The molecule has 4 rings (SSSR count). The number of hydrogen-bond donors (Lipinski definition) is 0. The normalized spacial score (nSPS) is 17.9. The third-order valence-electron chi connectivity index (χ3n) is 8.83. The molecule has 0 spiro atoms. The fourth-order valence-electron chi connectivity index (χ4n) is 5.51. The molecule has 4 nitrogen and oxygen atoms in total. The molecule has 0 aromatic heterocycles. The van der Waals surface area contributed by atoms with Gasteiger partial charge in [0.2, 0.25) is 5.78 Å². The number of carbonyl (C=O) groups excluding carboxylic acids is 2. The summed E-state index contributed by atoms with van der Waals surface area (Å²) < 4.78 is 10.4. The Morgan fingerprint density at radius 3 is 1.57 bits per heavy atom. The van der Waals surface area contributed by atoms with Gasteiger partial charge in [-0.05, 0) is 103 Å². The molecule has 2 aromatic rings. The number of ether oxygens (including phenoxy) is 2. The maximum Gasteiger partial charge on any atom is 0.519 e. The summed E-state index contributed by atoms with van der Waals surface area (Å²) in [5.41, 5.74) is 8.72. The van der Waals surface area contributed by atoms with Crippen molar-refractivity contribution < 1.29 is 19.1 Å². The first kappa shape index (κ1) is 42.0. The van der Waals surface area contributed by atoms with Crippen molar-refractivity contribution in [3.8, 4) is 23.8 Å². The van der Waals surface area contributed by atoms with Gasteiger partial charge >= 0.3 is 12.3 Å². The number of halogens is 2. The molecule has 2 aliphatic rings. The van der Waals surface area contributed by atoms with Crippen molar-refractivity contribution in [3.63, 3.8) is 0 Å². The molecule has 0 atom stereocenters. The van der Waals surface area contributed by atoms with Crippen molar-refractivity contribution in [2.75, 3.05) is 14.2 Å². The molecule has 0 saturated carbocycles. The van der Waals surface area contributed by atoms with E-state index in [0.717, 1.165) is 47.7 Å². The second-order valence-electron chi connectivity index (χ2n) is 12.3. The highest BCUT2D eigenvalue weighted by Crippen LogP contribution is 2.55. The van der Waals surface area contributed by atoms with Gasteiger partial charge in [-0.2, -0.15) is 0 Å². The number of hydrogen-bond acceptors (Lipinski definition) is 4. The number of benzene rings is 2. The standard InChI is InChI=1S/C22H28O2.C10H8O2.C6H10.C2H5.Al.2ClH/c1-14-10-18-11-15(2)17(4)13-22(18,12-16(14)3)21(23)19-8-6-7-9-20(19)24-5;1-3-9(11)8-6-4-5-7-10(8)12-2;1-5(2)6(3)4;1-2;;;/h6-9,18H,10-13H2,1-5H3;1,4-7H,2H3;1,3H2,2,4H3;1H2,2H3;;2*1H/q;;;;+2;;/p-2. The fourth-order valence-corrected chi connectivity index (χ4v) is 5.51. The molecule has 0 N–H and O–H groups in total. The van der Waals surface area contributed by atoms with Crippen LogP contribution in [0, 0.1) is 23.7 Å². The summed E-state index contributed by atoms with van der Waals surface area (Å²) >= 11 is -1.21. The van der Waals surface area contributed by atoms with Crippen LogP contribution in [-0.2, 0) is 0 Å². The zero-order valence-corrected chi connectivity index (χ0v) is 32.4. The third kappa shape index (κ3) is 12.2. The Morgan fingerprint density at radius 1 is 0.830 bits per heavy atom. The summed E-state index contributed by atoms with van der Waals surface area (Å²) in [7, 11) is 13.9. The molecule has 2 aromatic carbocycles. The van der Waals surface area contributed by atoms with E-state index in [1.807, 2.05) is 51.0 Å². The van der Waals surface area contributed by atoms with Crippen molar-refractivity contribution in [2.45, 2.75) is 79.4 Å². The van der Waals surface area contributed by atoms with Crippen molar-refractivity contribution in [3.05, 3.63) is 106 Å². The van der Waals surface area contributed by atoms with E-state index in [1.54, 1.807) is 31.4 Å². The largest absolute Gasteiger partial charge is 0.519 e. The summed E-state index contributed by atoms with van der Waals surface area (Å²) in [4.78, 5) is 24.8. The minimum Gasteiger partial charge on any atom is -0.496 e. The van der Waals surface area contributed by atoms with E-state index in [4.69, 9.17) is 36.0 Å². The van der Waals surface area contributed by atoms with Crippen molar-refractivity contribution in [1.82, 2.24) is 0 Å². The minimum atomic E-state index is -1.21. The number of para-hydroxylation sites is 2. The molecular weight excluding hydrogens is 642 g/mol. The summed E-state index contributed by atoms with van der Waals surface area (Å²) in [5, 5.41) is 0.975. The Kier molecular flexibility index (Phi) is 18.2. The number of rotatable bonds is 7. The highest BCUT2D eigenvalue weighted by atomic mass is 35.7. The zero-order chi connectivity index (χ0) is 35.9. The van der Waals surface area contributed by atoms with E-state index >= 15 is 0 Å². The van der Waals surface area contributed by atoms with Crippen molar-refractivity contribution >= 4 is 44.0 Å². The van der Waals surface area contributed by atoms with Gasteiger partial charge < -0.3 is 9.47 Å². The van der Waals surface area contributed by atoms with Crippen LogP contribution < -0.4 is 9.47 Å². The Hall–Kier alpha value is -2.99. The van der Waals surface area contributed by atoms with Gasteiger partial charge in [-0.25, -0.2) is 20.1 Å². The number of ketones is 2. The quantitative estimate of drug-likeness (QED) is 0.0723. The second-order valence-corrected chi connectivity index (χ2v) is 17.7. The molecule has 0 saturated heterocycles. The molecular formula is C40H51AlCl2O4. The van der Waals surface area contributed by atoms with Gasteiger partial charge in [-0.3, -0.25) is 9.59 Å². The Labute approximate surface area is 296 Å². The van der Waals surface area contributed by atoms with Crippen molar-refractivity contribution in [1.29, 1.82) is 0 Å². The molecule has 7 heteroatoms. The Balaban J connectivity index is 0.000000397. The van der Waals surface area contributed by atoms with Crippen LogP contribution in [-0.4, -0.2) is 38.1 Å². The van der Waals surface area contributed by atoms with Crippen LogP contribution in [0.1, 0.15) is 94.9 Å². The zero-order valence-electron chi connectivity index (χ0n) is 29.7. The van der Waals surface area contributed by atoms with E-state index < -0.39 is 12.3 Å². The van der Waals surface area contributed by atoms with Crippen molar-refractivity contribution in [2.24, 2.45) is 11.3 Å². The van der Waals surface area contributed by atoms with Crippen LogP contribution in [0.4, 0.5) is 0 Å². The number of terminal acetylenes is 1. The lowest BCUT2D eigenvalue weighted by molar-refractivity contribution is 0.0602. The van der Waals surface area contributed by atoms with Crippen LogP contribution in [0.3, 0.4) is 0 Å². The topological polar surface area (TPSA) is 52.6 Å². The average molecular weight is 694 g/mol. The second kappa shape index (κ2) is 20.4. The highest BCUT2D eigenvalue weighted by molar-refractivity contribution is 7.33. The number of methoxy groups -OCH3 is 2. The summed E-state index contributed by atoms with van der Waals surface area (Å²) in [6.45, 7) is 22.1. The van der Waals surface area contributed by atoms with Gasteiger partial charge in [-0.1, -0.05) is 83.1 Å². The van der Waals surface area contributed by atoms with Gasteiger partial charge in [0.05, 0.1) is 25.3 Å². The molecule has 2 aliphatic carbocycles. The van der Waals surface area contributed by atoms with Gasteiger partial charge in [0, 0.05) is 5.41 Å². The van der Waals surface area contributed by atoms with E-state index in [9.17, 15) is 9.59 Å². The lowest BCUT2D eigenvalue weighted by Crippen LogP contribution is -2.44. The maximum atomic E-state index is 13.7. The lowest BCUT2D eigenvalue weighted by atomic mass is 9.55. The monoisotopic (exact) mass is 692 g/mol. The molecule has 47 heavy (non-hydrogen) atoms. The molecule has 0 aliphatic heterocycles. The highest BCUT2D eigenvalue weighted by Gasteiger charge is 2.50. The number of carbonyl (C=O) groups is 2. The molecule has 0 amide bonds. The Bertz CT molecular complexity index is 1480. The van der Waals surface area contributed by atoms with Crippen LogP contribution in [0.5, 0.6) is 11.5 Å². The predicted molar refractivity (Wildman–Crippen MR) is 202 cm³/mol. The van der Waals surface area contributed by atoms with E-state index in [1.165, 1.54) is 29.4 Å². The summed E-state index contributed by atoms with van der Waals surface area (Å²) in [6.07, 6.45) is 8.81. The first-order valence-electron chi connectivity index (χ1n) is 15.8. The Morgan fingerprint density at radius 2 is 1.21 bits per heavy atom. The lowest BCUT2D eigenvalue weighted by Gasteiger charge is -2.47. The van der Waals surface area contributed by atoms with Gasteiger partial charge in [0.25, 0.3) is 0 Å². The van der Waals surface area contributed by atoms with E-state index in [0.29, 0.717) is 23.0 Å². The molecule has 0 fully saturated rings. The SMILES string of the molecule is C#CC(=O)c1ccccc1OC.C=C(C)C(=C)C.COc1ccccc1C(=O)C12CC(C)=C(C)CC1CC(C)=C(C)C2.C[CH2][Al]([Cl])[Cl]. The third-order valence-corrected chi connectivity index (χ3v) is 11.3. The first-order chi connectivity index (χ1) is 22.1. The average Bonchev–Trinajstić information content (AvgIpc) is 3.06. The number of allylic oxidation sites excluding steroid dienone is 6. The first-order valence-corrected chi connectivity index (χ1v) is 20.1. The number of Topliss-reactive ketones (excluding diaryl/α,β-unsaturated/α-hetero) is 2. The number of fused-ring (bicyclic) bond motifs is 1. The van der Waals surface area contributed by atoms with Gasteiger partial charge in [0.1, 0.15) is 11.5 Å². The van der Waals surface area contributed by atoms with Gasteiger partial charge in [-0.15, -0.1) is 6.42 Å². The predicted octanol–water partition coefficient (Wildman–Crippen LogP) is 11.4. The van der Waals surface area contributed by atoms with E-state index in [2.05, 4.69) is 40.9 Å². The molecule has 0 unspecified atom stereocenters. The van der Waals surface area contributed by atoms with Crippen LogP contribution in [0.2, 0.25) is 5.28 Å². The smallest absolute Gasteiger partial charge is 0.496 e. The molecule has 0 heterocycles. The van der Waals surface area contributed by atoms with Crippen LogP contribution in [0.15, 0.2) is 95.1 Å². The molecule has 252 valence electrons. The molecule has 0 radical (unpaired) electrons. The maximum absolute atomic E-state index is 13.7. The summed E-state index contributed by atoms with van der Waals surface area (Å²) in [6, 6.07) is 14.6. The fraction of sp³-hybridized carbons (Fsp3) is 0.400.